The fourth-order valence-electron chi connectivity index (χ4n) is 3.24. The molecule has 1 saturated heterocycles. The van der Waals surface area contributed by atoms with Crippen molar-refractivity contribution in [3.05, 3.63) is 91.0 Å². The largest absolute Gasteiger partial charge is 0.491 e. The molecule has 5 nitrogen and oxygen atoms in total. The maximum atomic E-state index is 9.65. The molecular formula is C24H21NO4. The van der Waals surface area contributed by atoms with Crippen LogP contribution in [0, 0.1) is 11.3 Å². The Balaban J connectivity index is 1.56. The molecule has 0 amide bonds. The Kier molecular flexibility index (Phi) is 5.94. The van der Waals surface area contributed by atoms with Gasteiger partial charge in [0.2, 0.25) is 0 Å². The molecule has 146 valence electrons. The van der Waals surface area contributed by atoms with Gasteiger partial charge in [-0.2, -0.15) is 5.26 Å². The van der Waals surface area contributed by atoms with Crippen molar-refractivity contribution in [1.29, 1.82) is 5.26 Å². The zero-order valence-corrected chi connectivity index (χ0v) is 15.8. The number of ether oxygens (including phenoxy) is 4. The van der Waals surface area contributed by atoms with E-state index in [9.17, 15) is 5.26 Å². The lowest BCUT2D eigenvalue weighted by Gasteiger charge is -2.25. The molecule has 0 aliphatic carbocycles. The molecule has 29 heavy (non-hydrogen) atoms. The van der Waals surface area contributed by atoms with Gasteiger partial charge in [-0.1, -0.05) is 54.6 Å². The van der Waals surface area contributed by atoms with Crippen LogP contribution in [0.25, 0.3) is 0 Å². The standard InChI is InChI=1S/C24H21NO4/c25-16-21-23(27-19-12-6-2-7-13-19)24(28-20-14-8-3-9-15-20)22(29-21)17-26-18-10-4-1-5-11-18/h1-15,21-24H,17H2. The second-order valence-corrected chi connectivity index (χ2v) is 6.64. The summed E-state index contributed by atoms with van der Waals surface area (Å²) in [4.78, 5) is 0. The lowest BCUT2D eigenvalue weighted by atomic mass is 10.1. The van der Waals surface area contributed by atoms with Crippen LogP contribution < -0.4 is 14.2 Å². The Bertz CT molecular complexity index is 927. The van der Waals surface area contributed by atoms with E-state index in [0.29, 0.717) is 11.5 Å². The van der Waals surface area contributed by atoms with E-state index in [1.807, 2.05) is 91.0 Å². The molecule has 1 fully saturated rings. The first-order valence-electron chi connectivity index (χ1n) is 9.50. The van der Waals surface area contributed by atoms with Gasteiger partial charge in [-0.05, 0) is 36.4 Å². The SMILES string of the molecule is N#CC1OC(COc2ccccc2)C(Oc2ccccc2)C1Oc1ccccc1. The summed E-state index contributed by atoms with van der Waals surface area (Å²) in [5, 5.41) is 9.65. The molecule has 0 spiro atoms. The zero-order valence-electron chi connectivity index (χ0n) is 15.8. The Labute approximate surface area is 170 Å². The van der Waals surface area contributed by atoms with Crippen LogP contribution in [0.1, 0.15) is 0 Å². The first-order chi connectivity index (χ1) is 14.3. The molecule has 4 rings (SSSR count). The zero-order chi connectivity index (χ0) is 19.9. The highest BCUT2D eigenvalue weighted by Crippen LogP contribution is 2.30. The Morgan fingerprint density at radius 3 is 1.69 bits per heavy atom. The molecule has 3 aromatic carbocycles. The molecule has 4 atom stereocenters. The number of hydrogen-bond acceptors (Lipinski definition) is 5. The van der Waals surface area contributed by atoms with Gasteiger partial charge in [-0.15, -0.1) is 0 Å². The summed E-state index contributed by atoms with van der Waals surface area (Å²) in [6.07, 6.45) is -2.33. The summed E-state index contributed by atoms with van der Waals surface area (Å²) in [6.45, 7) is 0.244. The molecule has 1 aliphatic rings. The Morgan fingerprint density at radius 1 is 0.690 bits per heavy atom. The van der Waals surface area contributed by atoms with Gasteiger partial charge in [0, 0.05) is 0 Å². The minimum absolute atomic E-state index is 0.244. The second kappa shape index (κ2) is 9.13. The first kappa shape index (κ1) is 18.9. The molecule has 1 aliphatic heterocycles. The van der Waals surface area contributed by atoms with Gasteiger partial charge >= 0.3 is 0 Å². The van der Waals surface area contributed by atoms with E-state index >= 15 is 0 Å². The highest BCUT2D eigenvalue weighted by molar-refractivity contribution is 5.25. The fourth-order valence-corrected chi connectivity index (χ4v) is 3.24. The summed E-state index contributed by atoms with van der Waals surface area (Å²) in [5.74, 6) is 2.08. The third-order valence-corrected chi connectivity index (χ3v) is 4.63. The van der Waals surface area contributed by atoms with Crippen molar-refractivity contribution in [2.75, 3.05) is 6.61 Å². The van der Waals surface area contributed by atoms with Crippen molar-refractivity contribution < 1.29 is 18.9 Å². The van der Waals surface area contributed by atoms with Crippen LogP contribution in [0.2, 0.25) is 0 Å². The van der Waals surface area contributed by atoms with Gasteiger partial charge in [0.05, 0.1) is 6.07 Å². The minimum atomic E-state index is -0.770. The highest BCUT2D eigenvalue weighted by atomic mass is 16.6. The van der Waals surface area contributed by atoms with E-state index in [2.05, 4.69) is 6.07 Å². The summed E-state index contributed by atoms with van der Waals surface area (Å²) in [5.41, 5.74) is 0. The number of rotatable bonds is 7. The summed E-state index contributed by atoms with van der Waals surface area (Å²) in [6, 6.07) is 30.5. The smallest absolute Gasteiger partial charge is 0.185 e. The lowest BCUT2D eigenvalue weighted by molar-refractivity contribution is 0.00454. The van der Waals surface area contributed by atoms with Gasteiger partial charge in [-0.3, -0.25) is 0 Å². The van der Waals surface area contributed by atoms with Gasteiger partial charge in [0.15, 0.2) is 18.3 Å². The van der Waals surface area contributed by atoms with Crippen molar-refractivity contribution in [3.63, 3.8) is 0 Å². The molecule has 4 unspecified atom stereocenters. The topological polar surface area (TPSA) is 60.7 Å². The maximum Gasteiger partial charge on any atom is 0.185 e. The fraction of sp³-hybridized carbons (Fsp3) is 0.208. The quantitative estimate of drug-likeness (QED) is 0.606. The van der Waals surface area contributed by atoms with E-state index in [1.54, 1.807) is 0 Å². The molecular weight excluding hydrogens is 366 g/mol. The molecule has 1 heterocycles. The van der Waals surface area contributed by atoms with Crippen LogP contribution in [0.15, 0.2) is 91.0 Å². The van der Waals surface area contributed by atoms with Crippen molar-refractivity contribution >= 4 is 0 Å². The summed E-state index contributed by atoms with van der Waals surface area (Å²) >= 11 is 0. The molecule has 0 bridgehead atoms. The van der Waals surface area contributed by atoms with E-state index in [0.717, 1.165) is 5.75 Å². The van der Waals surface area contributed by atoms with E-state index in [-0.39, 0.29) is 6.61 Å². The number of nitriles is 1. The molecule has 0 saturated carbocycles. The Hall–Kier alpha value is -3.49. The maximum absolute atomic E-state index is 9.65. The monoisotopic (exact) mass is 387 g/mol. The van der Waals surface area contributed by atoms with E-state index in [1.165, 1.54) is 0 Å². The van der Waals surface area contributed by atoms with Crippen LogP contribution >= 0.6 is 0 Å². The third kappa shape index (κ3) is 4.68. The number of nitrogens with zero attached hydrogens (tertiary/aromatic N) is 1. The van der Waals surface area contributed by atoms with Crippen LogP contribution in [0.5, 0.6) is 17.2 Å². The summed E-state index contributed by atoms with van der Waals surface area (Å²) in [7, 11) is 0. The molecule has 0 N–H and O–H groups in total. The van der Waals surface area contributed by atoms with Crippen molar-refractivity contribution in [3.8, 4) is 23.3 Å². The molecule has 0 aromatic heterocycles. The van der Waals surface area contributed by atoms with Crippen LogP contribution in [0.3, 0.4) is 0 Å². The average Bonchev–Trinajstić information content (AvgIpc) is 3.10. The van der Waals surface area contributed by atoms with Crippen LogP contribution in [-0.4, -0.2) is 31.0 Å². The number of benzene rings is 3. The third-order valence-electron chi connectivity index (χ3n) is 4.63. The predicted octanol–water partition coefficient (Wildman–Crippen LogP) is 4.25. The van der Waals surface area contributed by atoms with Gasteiger partial charge in [0.25, 0.3) is 0 Å². The second-order valence-electron chi connectivity index (χ2n) is 6.64. The average molecular weight is 387 g/mol. The first-order valence-corrected chi connectivity index (χ1v) is 9.50. The van der Waals surface area contributed by atoms with Crippen LogP contribution in [-0.2, 0) is 4.74 Å². The number of para-hydroxylation sites is 3. The lowest BCUT2D eigenvalue weighted by Crippen LogP contribution is -2.43. The highest BCUT2D eigenvalue weighted by Gasteiger charge is 2.49. The van der Waals surface area contributed by atoms with Gasteiger partial charge < -0.3 is 18.9 Å². The predicted molar refractivity (Wildman–Crippen MR) is 108 cm³/mol. The van der Waals surface area contributed by atoms with E-state index < -0.39 is 24.4 Å². The van der Waals surface area contributed by atoms with Crippen molar-refractivity contribution in [2.24, 2.45) is 0 Å². The molecule has 0 radical (unpaired) electrons. The summed E-state index contributed by atoms with van der Waals surface area (Å²) < 4.78 is 24.2. The Morgan fingerprint density at radius 2 is 1.17 bits per heavy atom. The van der Waals surface area contributed by atoms with Crippen LogP contribution in [0.4, 0.5) is 0 Å². The van der Waals surface area contributed by atoms with Crippen molar-refractivity contribution in [2.45, 2.75) is 24.4 Å². The van der Waals surface area contributed by atoms with Gasteiger partial charge in [-0.25, -0.2) is 0 Å². The number of hydrogen-bond donors (Lipinski definition) is 0. The normalized spacial score (nSPS) is 23.1. The molecule has 3 aromatic rings. The van der Waals surface area contributed by atoms with Crippen molar-refractivity contribution in [1.82, 2.24) is 0 Å². The van der Waals surface area contributed by atoms with E-state index in [4.69, 9.17) is 18.9 Å². The molecule has 5 heteroatoms. The van der Waals surface area contributed by atoms with Gasteiger partial charge in [0.1, 0.15) is 30.0 Å². The minimum Gasteiger partial charge on any atom is -0.491 e.